The summed E-state index contributed by atoms with van der Waals surface area (Å²) >= 11 is 0.744. The summed E-state index contributed by atoms with van der Waals surface area (Å²) in [6.45, 7) is 3.67. The van der Waals surface area contributed by atoms with Gasteiger partial charge in [0.25, 0.3) is 0 Å². The molecule has 0 radical (unpaired) electrons. The lowest BCUT2D eigenvalue weighted by Gasteiger charge is -2.15. The SMILES string of the molecule is CC(C)C[C@@H](Nc1nc(C(F)(F)F)cs1)C(=O)O. The monoisotopic (exact) mass is 282 g/mol. The van der Waals surface area contributed by atoms with Crippen molar-refractivity contribution in [3.8, 4) is 0 Å². The smallest absolute Gasteiger partial charge is 0.434 e. The molecule has 0 bridgehead atoms. The Bertz CT molecular complexity index is 418. The fourth-order valence-corrected chi connectivity index (χ4v) is 2.08. The second-order valence-corrected chi connectivity index (χ2v) is 5.06. The average Bonchev–Trinajstić information content (AvgIpc) is 2.63. The molecule has 0 aliphatic heterocycles. The van der Waals surface area contributed by atoms with Crippen LogP contribution in [0.15, 0.2) is 5.38 Å². The molecule has 1 aromatic rings. The van der Waals surface area contributed by atoms with E-state index in [1.54, 1.807) is 0 Å². The van der Waals surface area contributed by atoms with Crippen LogP contribution in [0, 0.1) is 5.92 Å². The van der Waals surface area contributed by atoms with Gasteiger partial charge in [-0.3, -0.25) is 0 Å². The number of alkyl halides is 3. The van der Waals surface area contributed by atoms with Crippen molar-refractivity contribution in [1.29, 1.82) is 0 Å². The van der Waals surface area contributed by atoms with Gasteiger partial charge in [-0.05, 0) is 12.3 Å². The lowest BCUT2D eigenvalue weighted by Crippen LogP contribution is -2.30. The molecule has 18 heavy (non-hydrogen) atoms. The average molecular weight is 282 g/mol. The summed E-state index contributed by atoms with van der Waals surface area (Å²) in [6.07, 6.45) is -4.19. The molecule has 0 saturated heterocycles. The highest BCUT2D eigenvalue weighted by Gasteiger charge is 2.34. The zero-order chi connectivity index (χ0) is 13.9. The first-order valence-corrected chi connectivity index (χ1v) is 6.10. The van der Waals surface area contributed by atoms with Crippen molar-refractivity contribution in [3.63, 3.8) is 0 Å². The number of rotatable bonds is 5. The van der Waals surface area contributed by atoms with E-state index < -0.39 is 23.9 Å². The molecule has 4 nitrogen and oxygen atoms in total. The summed E-state index contributed by atoms with van der Waals surface area (Å²) in [6, 6.07) is -0.933. The predicted octanol–water partition coefficient (Wildman–Crippen LogP) is 3.07. The highest BCUT2D eigenvalue weighted by molar-refractivity contribution is 7.13. The molecule has 1 heterocycles. The van der Waals surface area contributed by atoms with Crippen LogP contribution in [0.1, 0.15) is 26.0 Å². The number of carboxylic acid groups (broad SMARTS) is 1. The summed E-state index contributed by atoms with van der Waals surface area (Å²) in [7, 11) is 0. The Hall–Kier alpha value is -1.31. The molecule has 1 aromatic heterocycles. The molecule has 0 amide bonds. The van der Waals surface area contributed by atoms with Crippen LogP contribution in [0.3, 0.4) is 0 Å². The first kappa shape index (κ1) is 14.7. The largest absolute Gasteiger partial charge is 0.480 e. The predicted molar refractivity (Wildman–Crippen MR) is 61.6 cm³/mol. The minimum Gasteiger partial charge on any atom is -0.480 e. The topological polar surface area (TPSA) is 62.2 Å². The van der Waals surface area contributed by atoms with Crippen molar-refractivity contribution in [3.05, 3.63) is 11.1 Å². The van der Waals surface area contributed by atoms with Gasteiger partial charge in [0.2, 0.25) is 0 Å². The van der Waals surface area contributed by atoms with Crippen LogP contribution in [0.2, 0.25) is 0 Å². The molecule has 0 spiro atoms. The fraction of sp³-hybridized carbons (Fsp3) is 0.600. The third-order valence-corrected chi connectivity index (χ3v) is 2.87. The van der Waals surface area contributed by atoms with E-state index in [0.717, 1.165) is 16.7 Å². The number of hydrogen-bond donors (Lipinski definition) is 2. The van der Waals surface area contributed by atoms with E-state index in [-0.39, 0.29) is 11.0 Å². The van der Waals surface area contributed by atoms with Gasteiger partial charge in [0.1, 0.15) is 6.04 Å². The van der Waals surface area contributed by atoms with Crippen molar-refractivity contribution < 1.29 is 23.1 Å². The van der Waals surface area contributed by atoms with Crippen molar-refractivity contribution in [2.45, 2.75) is 32.5 Å². The van der Waals surface area contributed by atoms with Crippen LogP contribution in [-0.4, -0.2) is 22.1 Å². The summed E-state index contributed by atoms with van der Waals surface area (Å²) in [5.74, 6) is -0.992. The standard InChI is InChI=1S/C10H13F3N2O2S/c1-5(2)3-6(8(16)17)14-9-15-7(4-18-9)10(11,12)13/h4-6H,3H2,1-2H3,(H,14,15)(H,16,17)/t6-/m1/s1. The summed E-state index contributed by atoms with van der Waals surface area (Å²) in [5.41, 5.74) is -1.01. The quantitative estimate of drug-likeness (QED) is 0.871. The Labute approximate surface area is 106 Å². The van der Waals surface area contributed by atoms with Gasteiger partial charge in [0.05, 0.1) is 0 Å². The molecule has 0 aromatic carbocycles. The second kappa shape index (κ2) is 5.55. The fourth-order valence-electron chi connectivity index (χ4n) is 1.31. The molecule has 0 saturated carbocycles. The van der Waals surface area contributed by atoms with Crippen LogP contribution in [0.4, 0.5) is 18.3 Å². The van der Waals surface area contributed by atoms with E-state index in [2.05, 4.69) is 10.3 Å². The number of thiazole rings is 1. The maximum atomic E-state index is 12.3. The number of aromatic nitrogens is 1. The Balaban J connectivity index is 2.76. The second-order valence-electron chi connectivity index (χ2n) is 4.20. The molecular weight excluding hydrogens is 269 g/mol. The maximum absolute atomic E-state index is 12.3. The number of nitrogens with one attached hydrogen (secondary N) is 1. The lowest BCUT2D eigenvalue weighted by molar-refractivity contribution is -0.140. The molecule has 0 aliphatic rings. The van der Waals surface area contributed by atoms with Gasteiger partial charge in [-0.15, -0.1) is 11.3 Å². The normalized spacial score (nSPS) is 13.7. The molecule has 2 N–H and O–H groups in total. The van der Waals surface area contributed by atoms with Gasteiger partial charge in [-0.2, -0.15) is 13.2 Å². The van der Waals surface area contributed by atoms with Gasteiger partial charge in [-0.1, -0.05) is 13.8 Å². The number of hydrogen-bond acceptors (Lipinski definition) is 4. The molecule has 8 heteroatoms. The number of carboxylic acids is 1. The van der Waals surface area contributed by atoms with Crippen LogP contribution in [0.25, 0.3) is 0 Å². The first-order chi connectivity index (χ1) is 8.20. The minimum absolute atomic E-state index is 0.0321. The van der Waals surface area contributed by atoms with E-state index in [1.165, 1.54) is 0 Å². The summed E-state index contributed by atoms with van der Waals surface area (Å²) in [5, 5.41) is 12.3. The number of carbonyl (C=O) groups is 1. The number of nitrogens with zero attached hydrogens (tertiary/aromatic N) is 1. The zero-order valence-corrected chi connectivity index (χ0v) is 10.6. The maximum Gasteiger partial charge on any atom is 0.434 e. The lowest BCUT2D eigenvalue weighted by atomic mass is 10.0. The van der Waals surface area contributed by atoms with Crippen molar-refractivity contribution in [2.24, 2.45) is 5.92 Å². The third-order valence-electron chi connectivity index (χ3n) is 2.10. The Morgan fingerprint density at radius 2 is 2.17 bits per heavy atom. The number of aliphatic carboxylic acids is 1. The minimum atomic E-state index is -4.51. The molecular formula is C10H13F3N2O2S. The van der Waals surface area contributed by atoms with Crippen molar-refractivity contribution in [2.75, 3.05) is 5.32 Å². The summed E-state index contributed by atoms with van der Waals surface area (Å²) in [4.78, 5) is 14.3. The van der Waals surface area contributed by atoms with E-state index in [1.807, 2.05) is 13.8 Å². The van der Waals surface area contributed by atoms with E-state index in [4.69, 9.17) is 5.11 Å². The molecule has 1 atom stereocenters. The Morgan fingerprint density at radius 1 is 1.56 bits per heavy atom. The van der Waals surface area contributed by atoms with Crippen LogP contribution in [0.5, 0.6) is 0 Å². The third kappa shape index (κ3) is 4.17. The number of anilines is 1. The van der Waals surface area contributed by atoms with Crippen LogP contribution in [-0.2, 0) is 11.0 Å². The highest BCUT2D eigenvalue weighted by Crippen LogP contribution is 2.32. The summed E-state index contributed by atoms with van der Waals surface area (Å²) < 4.78 is 36.9. The van der Waals surface area contributed by atoms with Crippen molar-refractivity contribution >= 4 is 22.4 Å². The zero-order valence-electron chi connectivity index (χ0n) is 9.78. The Kier molecular flexibility index (Phi) is 4.55. The first-order valence-electron chi connectivity index (χ1n) is 5.22. The van der Waals surface area contributed by atoms with Gasteiger partial charge in [-0.25, -0.2) is 9.78 Å². The van der Waals surface area contributed by atoms with E-state index in [0.29, 0.717) is 6.42 Å². The van der Waals surface area contributed by atoms with Gasteiger partial charge >= 0.3 is 12.1 Å². The Morgan fingerprint density at radius 3 is 2.56 bits per heavy atom. The van der Waals surface area contributed by atoms with E-state index >= 15 is 0 Å². The number of halogens is 3. The van der Waals surface area contributed by atoms with E-state index in [9.17, 15) is 18.0 Å². The van der Waals surface area contributed by atoms with Crippen molar-refractivity contribution in [1.82, 2.24) is 4.98 Å². The molecule has 0 unspecified atom stereocenters. The molecule has 0 fully saturated rings. The van der Waals surface area contributed by atoms with Crippen LogP contribution >= 0.6 is 11.3 Å². The highest BCUT2D eigenvalue weighted by atomic mass is 32.1. The van der Waals surface area contributed by atoms with Gasteiger partial charge in [0.15, 0.2) is 10.8 Å². The molecule has 1 rings (SSSR count). The molecule has 0 aliphatic carbocycles. The molecule has 102 valence electrons. The van der Waals surface area contributed by atoms with Gasteiger partial charge in [0, 0.05) is 5.38 Å². The van der Waals surface area contributed by atoms with Gasteiger partial charge < -0.3 is 10.4 Å². The van der Waals surface area contributed by atoms with Crippen LogP contribution < -0.4 is 5.32 Å².